The molecule has 1 atom stereocenters. The highest BCUT2D eigenvalue weighted by Gasteiger charge is 2.25. The van der Waals surface area contributed by atoms with Crippen LogP contribution in [0.15, 0.2) is 5.38 Å². The Hall–Kier alpha value is -0.450. The Morgan fingerprint density at radius 2 is 2.50 bits per heavy atom. The maximum atomic E-state index is 4.46. The number of rotatable bonds is 4. The fourth-order valence-electron chi connectivity index (χ4n) is 2.22. The third-order valence-corrected chi connectivity index (χ3v) is 4.15. The normalized spacial score (nSPS) is 25.9. The molecule has 0 saturated carbocycles. The zero-order valence-electron chi connectivity index (χ0n) is 10.2. The lowest BCUT2D eigenvalue weighted by Crippen LogP contribution is -2.44. The molecule has 1 aromatic heterocycles. The highest BCUT2D eigenvalue weighted by molar-refractivity contribution is 7.09. The molecule has 0 aromatic carbocycles. The van der Waals surface area contributed by atoms with Crippen LogP contribution in [-0.2, 0) is 6.54 Å². The van der Waals surface area contributed by atoms with Crippen LogP contribution in [-0.4, -0.2) is 24.6 Å². The van der Waals surface area contributed by atoms with Gasteiger partial charge in [-0.05, 0) is 31.7 Å². The summed E-state index contributed by atoms with van der Waals surface area (Å²) in [6.07, 6.45) is 2.62. The Morgan fingerprint density at radius 1 is 1.62 bits per heavy atom. The first kappa shape index (κ1) is 12.0. The quantitative estimate of drug-likeness (QED) is 0.843. The van der Waals surface area contributed by atoms with Gasteiger partial charge in [0.05, 0.1) is 0 Å². The Morgan fingerprint density at radius 3 is 3.12 bits per heavy atom. The summed E-state index contributed by atoms with van der Waals surface area (Å²) in [5.74, 6) is 0. The summed E-state index contributed by atoms with van der Waals surface area (Å²) in [6, 6.07) is 0. The second-order valence-electron chi connectivity index (χ2n) is 5.08. The molecule has 3 nitrogen and oxygen atoms in total. The molecule has 0 bridgehead atoms. The van der Waals surface area contributed by atoms with Crippen LogP contribution < -0.4 is 10.6 Å². The van der Waals surface area contributed by atoms with Gasteiger partial charge in [0, 0.05) is 30.7 Å². The maximum Gasteiger partial charge on any atom is 0.107 e. The largest absolute Gasteiger partial charge is 0.316 e. The van der Waals surface area contributed by atoms with Crippen molar-refractivity contribution in [3.05, 3.63) is 16.1 Å². The van der Waals surface area contributed by atoms with Crippen LogP contribution in [0.1, 0.15) is 30.5 Å². The van der Waals surface area contributed by atoms with E-state index >= 15 is 0 Å². The summed E-state index contributed by atoms with van der Waals surface area (Å²) in [5.41, 5.74) is 1.55. The second-order valence-corrected chi connectivity index (χ2v) is 6.02. The molecule has 2 heterocycles. The number of nitrogens with zero attached hydrogens (tertiary/aromatic N) is 1. The van der Waals surface area contributed by atoms with Crippen LogP contribution in [0.25, 0.3) is 0 Å². The van der Waals surface area contributed by atoms with Crippen molar-refractivity contribution in [2.24, 2.45) is 5.41 Å². The summed E-state index contributed by atoms with van der Waals surface area (Å²) >= 11 is 1.75. The van der Waals surface area contributed by atoms with Crippen molar-refractivity contribution in [1.29, 1.82) is 0 Å². The van der Waals surface area contributed by atoms with Crippen molar-refractivity contribution in [3.63, 3.8) is 0 Å². The lowest BCUT2D eigenvalue weighted by Gasteiger charge is -2.34. The van der Waals surface area contributed by atoms with Crippen LogP contribution in [0.5, 0.6) is 0 Å². The monoisotopic (exact) mass is 239 g/mol. The molecule has 0 radical (unpaired) electrons. The van der Waals surface area contributed by atoms with E-state index in [0.717, 1.165) is 25.3 Å². The Bertz CT molecular complexity index is 329. The van der Waals surface area contributed by atoms with Gasteiger partial charge in [0.15, 0.2) is 0 Å². The fourth-order valence-corrected chi connectivity index (χ4v) is 2.97. The highest BCUT2D eigenvalue weighted by atomic mass is 32.1. The van der Waals surface area contributed by atoms with Crippen molar-refractivity contribution < 1.29 is 0 Å². The average molecular weight is 239 g/mol. The van der Waals surface area contributed by atoms with E-state index < -0.39 is 0 Å². The molecule has 1 unspecified atom stereocenters. The second kappa shape index (κ2) is 5.25. The van der Waals surface area contributed by atoms with Crippen molar-refractivity contribution >= 4 is 11.3 Å². The molecule has 0 spiro atoms. The van der Waals surface area contributed by atoms with Crippen molar-refractivity contribution in [3.8, 4) is 0 Å². The van der Waals surface area contributed by atoms with Crippen LogP contribution in [0, 0.1) is 12.3 Å². The van der Waals surface area contributed by atoms with Crippen LogP contribution >= 0.6 is 11.3 Å². The van der Waals surface area contributed by atoms with E-state index in [1.807, 2.05) is 6.92 Å². The summed E-state index contributed by atoms with van der Waals surface area (Å²) in [7, 11) is 0. The van der Waals surface area contributed by atoms with E-state index in [9.17, 15) is 0 Å². The Balaban J connectivity index is 1.74. The van der Waals surface area contributed by atoms with Crippen LogP contribution in [0.2, 0.25) is 0 Å². The molecule has 4 heteroatoms. The summed E-state index contributed by atoms with van der Waals surface area (Å²) in [5, 5.41) is 10.3. The first-order valence-corrected chi connectivity index (χ1v) is 6.88. The number of hydrogen-bond acceptors (Lipinski definition) is 4. The molecular weight excluding hydrogens is 218 g/mol. The van der Waals surface area contributed by atoms with Gasteiger partial charge in [-0.25, -0.2) is 4.98 Å². The third kappa shape index (κ3) is 3.27. The zero-order valence-corrected chi connectivity index (χ0v) is 11.0. The first-order valence-electron chi connectivity index (χ1n) is 6.00. The molecule has 1 saturated heterocycles. The van der Waals surface area contributed by atoms with Gasteiger partial charge in [0.25, 0.3) is 0 Å². The van der Waals surface area contributed by atoms with E-state index in [2.05, 4.69) is 27.9 Å². The molecular formula is C12H21N3S. The van der Waals surface area contributed by atoms with E-state index in [-0.39, 0.29) is 0 Å². The molecule has 0 aliphatic carbocycles. The van der Waals surface area contributed by atoms with Gasteiger partial charge in [-0.15, -0.1) is 11.3 Å². The smallest absolute Gasteiger partial charge is 0.107 e. The maximum absolute atomic E-state index is 4.46. The Labute approximate surface area is 102 Å². The van der Waals surface area contributed by atoms with Crippen LogP contribution in [0.3, 0.4) is 0 Å². The fraction of sp³-hybridized carbons (Fsp3) is 0.750. The number of aromatic nitrogens is 1. The standard InChI is InChI=1S/C12H21N3S/c1-10-7-16-11(15-10)6-14-9-12(2)4-3-5-13-8-12/h7,13-14H,3-6,8-9H2,1-2H3. The summed E-state index contributed by atoms with van der Waals surface area (Å²) in [6.45, 7) is 8.72. The molecule has 0 amide bonds. The molecule has 1 aliphatic heterocycles. The lowest BCUT2D eigenvalue weighted by molar-refractivity contribution is 0.226. The van der Waals surface area contributed by atoms with E-state index in [4.69, 9.17) is 0 Å². The minimum absolute atomic E-state index is 0.421. The predicted octanol–water partition coefficient (Wildman–Crippen LogP) is 1.93. The van der Waals surface area contributed by atoms with E-state index in [1.54, 1.807) is 11.3 Å². The number of piperidine rings is 1. The zero-order chi connectivity index (χ0) is 11.4. The average Bonchev–Trinajstić information content (AvgIpc) is 2.65. The van der Waals surface area contributed by atoms with Gasteiger partial charge in [-0.2, -0.15) is 0 Å². The topological polar surface area (TPSA) is 37.0 Å². The van der Waals surface area contributed by atoms with Crippen LogP contribution in [0.4, 0.5) is 0 Å². The number of thiazole rings is 1. The van der Waals surface area contributed by atoms with Gasteiger partial charge < -0.3 is 10.6 Å². The van der Waals surface area contributed by atoms with Gasteiger partial charge in [0.1, 0.15) is 5.01 Å². The molecule has 1 aromatic rings. The van der Waals surface area contributed by atoms with Crippen molar-refractivity contribution in [2.75, 3.05) is 19.6 Å². The van der Waals surface area contributed by atoms with Gasteiger partial charge in [-0.1, -0.05) is 6.92 Å². The summed E-state index contributed by atoms with van der Waals surface area (Å²) in [4.78, 5) is 4.46. The number of nitrogens with one attached hydrogen (secondary N) is 2. The Kier molecular flexibility index (Phi) is 3.95. The van der Waals surface area contributed by atoms with Crippen molar-refractivity contribution in [2.45, 2.75) is 33.2 Å². The molecule has 16 heavy (non-hydrogen) atoms. The molecule has 2 rings (SSSR count). The SMILES string of the molecule is Cc1csc(CNCC2(C)CCCNC2)n1. The summed E-state index contributed by atoms with van der Waals surface area (Å²) < 4.78 is 0. The molecule has 90 valence electrons. The molecule has 1 aliphatic rings. The lowest BCUT2D eigenvalue weighted by atomic mass is 9.83. The minimum atomic E-state index is 0.421. The number of aryl methyl sites for hydroxylation is 1. The van der Waals surface area contributed by atoms with Gasteiger partial charge in [-0.3, -0.25) is 0 Å². The number of hydrogen-bond donors (Lipinski definition) is 2. The minimum Gasteiger partial charge on any atom is -0.316 e. The third-order valence-electron chi connectivity index (χ3n) is 3.18. The first-order chi connectivity index (χ1) is 7.68. The van der Waals surface area contributed by atoms with Crippen molar-refractivity contribution in [1.82, 2.24) is 15.6 Å². The highest BCUT2D eigenvalue weighted by Crippen LogP contribution is 2.24. The van der Waals surface area contributed by atoms with E-state index in [1.165, 1.54) is 24.4 Å². The molecule has 2 N–H and O–H groups in total. The molecule has 1 fully saturated rings. The predicted molar refractivity (Wildman–Crippen MR) is 68.8 cm³/mol. The van der Waals surface area contributed by atoms with Gasteiger partial charge >= 0.3 is 0 Å². The van der Waals surface area contributed by atoms with Gasteiger partial charge in [0.2, 0.25) is 0 Å². The van der Waals surface area contributed by atoms with E-state index in [0.29, 0.717) is 5.41 Å².